The van der Waals surface area contributed by atoms with Crippen molar-refractivity contribution in [1.82, 2.24) is 20.2 Å². The number of anilines is 5. The summed E-state index contributed by atoms with van der Waals surface area (Å²) in [5, 5.41) is 12.7. The largest absolute Gasteiger partial charge is 0.379 e. The van der Waals surface area contributed by atoms with Gasteiger partial charge in [-0.3, -0.25) is 4.90 Å². The quantitative estimate of drug-likeness (QED) is 0.457. The normalized spacial score (nSPS) is 15.5. The SMILES string of the molecule is Cc1cnc2nc1Nc1ccc(NC(=O)NCCN3CCOCC3)c(c1)CCc1cccc(c1)N2. The van der Waals surface area contributed by atoms with E-state index in [4.69, 9.17) is 4.74 Å². The van der Waals surface area contributed by atoms with E-state index in [0.717, 1.165) is 79.7 Å². The second-order valence-corrected chi connectivity index (χ2v) is 8.88. The molecule has 2 aliphatic rings. The summed E-state index contributed by atoms with van der Waals surface area (Å²) in [6.07, 6.45) is 3.42. The van der Waals surface area contributed by atoms with Crippen LogP contribution in [-0.4, -0.2) is 60.3 Å². The van der Waals surface area contributed by atoms with Gasteiger partial charge in [-0.05, 0) is 61.2 Å². The molecule has 9 nitrogen and oxygen atoms in total. The van der Waals surface area contributed by atoms with Gasteiger partial charge in [0.1, 0.15) is 5.82 Å². The summed E-state index contributed by atoms with van der Waals surface area (Å²) in [4.78, 5) is 24.0. The number of benzene rings is 2. The number of carbonyl (C=O) groups is 1. The van der Waals surface area contributed by atoms with E-state index in [1.54, 1.807) is 6.20 Å². The molecule has 2 aromatic carbocycles. The Hall–Kier alpha value is -3.69. The fourth-order valence-electron chi connectivity index (χ4n) is 4.30. The summed E-state index contributed by atoms with van der Waals surface area (Å²) < 4.78 is 5.38. The lowest BCUT2D eigenvalue weighted by atomic mass is 10.0. The number of nitrogens with one attached hydrogen (secondary N) is 4. The van der Waals surface area contributed by atoms with Crippen LogP contribution in [0.3, 0.4) is 0 Å². The Balaban J connectivity index is 1.34. The molecule has 0 atom stereocenters. The topological polar surface area (TPSA) is 103 Å². The number of aryl methyl sites for hydroxylation is 3. The van der Waals surface area contributed by atoms with Crippen LogP contribution in [0.4, 0.5) is 33.6 Å². The van der Waals surface area contributed by atoms with Crippen molar-refractivity contribution in [1.29, 1.82) is 0 Å². The first-order chi connectivity index (χ1) is 17.1. The molecule has 0 unspecified atom stereocenters. The lowest BCUT2D eigenvalue weighted by molar-refractivity contribution is 0.0388. The number of hydrogen-bond acceptors (Lipinski definition) is 7. The van der Waals surface area contributed by atoms with Crippen molar-refractivity contribution < 1.29 is 9.53 Å². The molecule has 2 aliphatic heterocycles. The molecule has 35 heavy (non-hydrogen) atoms. The first-order valence-corrected chi connectivity index (χ1v) is 12.1. The zero-order valence-corrected chi connectivity index (χ0v) is 19.9. The predicted molar refractivity (Wildman–Crippen MR) is 138 cm³/mol. The average molecular weight is 474 g/mol. The van der Waals surface area contributed by atoms with Crippen molar-refractivity contribution in [3.05, 3.63) is 65.4 Å². The molecule has 0 spiro atoms. The number of amides is 2. The van der Waals surface area contributed by atoms with Crippen LogP contribution in [0.15, 0.2) is 48.7 Å². The molecule has 0 radical (unpaired) electrons. The lowest BCUT2D eigenvalue weighted by Crippen LogP contribution is -2.42. The predicted octanol–water partition coefficient (Wildman–Crippen LogP) is 3.82. The van der Waals surface area contributed by atoms with Gasteiger partial charge in [0.2, 0.25) is 5.95 Å². The Kier molecular flexibility index (Phi) is 7.06. The number of hydrogen-bond donors (Lipinski definition) is 4. The third kappa shape index (κ3) is 6.06. The first kappa shape index (κ1) is 23.1. The van der Waals surface area contributed by atoms with Gasteiger partial charge >= 0.3 is 6.03 Å². The minimum atomic E-state index is -0.194. The van der Waals surface area contributed by atoms with Crippen LogP contribution in [0.5, 0.6) is 0 Å². The van der Waals surface area contributed by atoms with Crippen LogP contribution >= 0.6 is 0 Å². The van der Waals surface area contributed by atoms with Gasteiger partial charge in [-0.25, -0.2) is 9.78 Å². The fraction of sp³-hybridized carbons (Fsp3) is 0.346. The molecule has 3 heterocycles. The highest BCUT2D eigenvalue weighted by molar-refractivity contribution is 5.90. The van der Waals surface area contributed by atoms with Crippen molar-refractivity contribution in [2.45, 2.75) is 19.8 Å². The van der Waals surface area contributed by atoms with E-state index in [1.165, 1.54) is 5.56 Å². The Bertz CT molecular complexity index is 1190. The van der Waals surface area contributed by atoms with Crippen molar-refractivity contribution in [2.24, 2.45) is 0 Å². The number of morpholine rings is 1. The maximum Gasteiger partial charge on any atom is 0.319 e. The van der Waals surface area contributed by atoms with Gasteiger partial charge in [0, 0.05) is 55.0 Å². The standard InChI is InChI=1S/C26H31N7O2/c1-18-17-28-25-30-21-4-2-3-19(15-21)5-6-20-16-22(29-24(18)32-25)7-8-23(20)31-26(34)27-9-10-33-11-13-35-14-12-33/h2-4,7-8,15-17H,5-6,9-14H2,1H3,(H2,27,31,34)(H2,28,29,30,32). The number of aromatic nitrogens is 2. The molecule has 6 bridgehead atoms. The summed E-state index contributed by atoms with van der Waals surface area (Å²) in [7, 11) is 0. The summed E-state index contributed by atoms with van der Waals surface area (Å²) in [5.41, 5.74) is 5.87. The molecule has 0 aliphatic carbocycles. The van der Waals surface area contributed by atoms with E-state index in [9.17, 15) is 4.79 Å². The number of fused-ring (bicyclic) bond motifs is 6. The van der Waals surface area contributed by atoms with Crippen LogP contribution in [0, 0.1) is 6.92 Å². The Morgan fingerprint density at radius 3 is 2.83 bits per heavy atom. The van der Waals surface area contributed by atoms with E-state index in [1.807, 2.05) is 31.2 Å². The highest BCUT2D eigenvalue weighted by Crippen LogP contribution is 2.27. The second kappa shape index (κ2) is 10.7. The van der Waals surface area contributed by atoms with Crippen LogP contribution in [0.25, 0.3) is 0 Å². The highest BCUT2D eigenvalue weighted by atomic mass is 16.5. The number of carbonyl (C=O) groups excluding carboxylic acids is 1. The summed E-state index contributed by atoms with van der Waals surface area (Å²) in [5.74, 6) is 1.28. The number of ether oxygens (including phenoxy) is 1. The molecule has 2 amide bonds. The van der Waals surface area contributed by atoms with Crippen LogP contribution < -0.4 is 21.3 Å². The number of rotatable bonds is 4. The lowest BCUT2D eigenvalue weighted by Gasteiger charge is -2.26. The molecule has 1 fully saturated rings. The summed E-state index contributed by atoms with van der Waals surface area (Å²) in [6, 6.07) is 14.1. The van der Waals surface area contributed by atoms with Gasteiger partial charge in [-0.1, -0.05) is 12.1 Å². The average Bonchev–Trinajstić information content (AvgIpc) is 2.87. The summed E-state index contributed by atoms with van der Waals surface area (Å²) >= 11 is 0. The van der Waals surface area contributed by atoms with Crippen molar-refractivity contribution in [3.8, 4) is 0 Å². The Labute approximate surface area is 205 Å². The highest BCUT2D eigenvalue weighted by Gasteiger charge is 2.13. The first-order valence-electron chi connectivity index (χ1n) is 12.1. The van der Waals surface area contributed by atoms with E-state index < -0.39 is 0 Å². The van der Waals surface area contributed by atoms with Crippen molar-refractivity contribution >= 4 is 34.9 Å². The van der Waals surface area contributed by atoms with E-state index in [2.05, 4.69) is 54.3 Å². The second-order valence-electron chi connectivity index (χ2n) is 8.88. The van der Waals surface area contributed by atoms with E-state index >= 15 is 0 Å². The van der Waals surface area contributed by atoms with Gasteiger partial charge in [0.25, 0.3) is 0 Å². The zero-order valence-electron chi connectivity index (χ0n) is 19.9. The molecule has 9 heteroatoms. The molecule has 4 N–H and O–H groups in total. The van der Waals surface area contributed by atoms with E-state index in [0.29, 0.717) is 12.5 Å². The van der Waals surface area contributed by atoms with Gasteiger partial charge in [-0.15, -0.1) is 0 Å². The summed E-state index contributed by atoms with van der Waals surface area (Å²) in [6.45, 7) is 6.71. The number of nitrogens with zero attached hydrogens (tertiary/aromatic N) is 3. The minimum Gasteiger partial charge on any atom is -0.379 e. The smallest absolute Gasteiger partial charge is 0.319 e. The Morgan fingerprint density at radius 1 is 1.09 bits per heavy atom. The third-order valence-corrected chi connectivity index (χ3v) is 6.27. The van der Waals surface area contributed by atoms with Crippen molar-refractivity contribution in [2.75, 3.05) is 55.3 Å². The molecule has 3 aromatic rings. The molecule has 182 valence electrons. The molecule has 1 saturated heterocycles. The molecule has 1 aromatic heterocycles. The maximum absolute atomic E-state index is 12.6. The van der Waals surface area contributed by atoms with Gasteiger partial charge in [0.15, 0.2) is 0 Å². The maximum atomic E-state index is 12.6. The molecular weight excluding hydrogens is 442 g/mol. The molecular formula is C26H31N7O2. The fourth-order valence-corrected chi connectivity index (χ4v) is 4.30. The third-order valence-electron chi connectivity index (χ3n) is 6.27. The number of urea groups is 1. The molecule has 0 saturated carbocycles. The van der Waals surface area contributed by atoms with Gasteiger partial charge < -0.3 is 26.0 Å². The zero-order chi connectivity index (χ0) is 24.0. The minimum absolute atomic E-state index is 0.194. The van der Waals surface area contributed by atoms with Gasteiger partial charge in [-0.2, -0.15) is 4.98 Å². The van der Waals surface area contributed by atoms with E-state index in [-0.39, 0.29) is 6.03 Å². The van der Waals surface area contributed by atoms with Gasteiger partial charge in [0.05, 0.1) is 13.2 Å². The van der Waals surface area contributed by atoms with Crippen LogP contribution in [0.1, 0.15) is 16.7 Å². The Morgan fingerprint density at radius 2 is 1.94 bits per heavy atom. The van der Waals surface area contributed by atoms with Crippen LogP contribution in [-0.2, 0) is 17.6 Å². The molecule has 5 rings (SSSR count). The van der Waals surface area contributed by atoms with Crippen molar-refractivity contribution in [3.63, 3.8) is 0 Å². The monoisotopic (exact) mass is 473 g/mol. The van der Waals surface area contributed by atoms with Crippen LogP contribution in [0.2, 0.25) is 0 Å².